The first-order valence-corrected chi connectivity index (χ1v) is 5.74. The number of hydrogen-bond acceptors (Lipinski definition) is 5. The zero-order valence-corrected chi connectivity index (χ0v) is 10.6. The Hall–Kier alpha value is -2.58. The summed E-state index contributed by atoms with van der Waals surface area (Å²) in [4.78, 5) is 4.15. The average molecular weight is 254 g/mol. The van der Waals surface area contributed by atoms with E-state index in [0.717, 1.165) is 11.3 Å². The maximum absolute atomic E-state index is 8.77. The first-order valence-electron chi connectivity index (χ1n) is 5.74. The minimum atomic E-state index is 0.436. The van der Waals surface area contributed by atoms with Gasteiger partial charge in [-0.15, -0.1) is 0 Å². The summed E-state index contributed by atoms with van der Waals surface area (Å²) in [5.74, 6) is 0.530. The number of ether oxygens (including phenoxy) is 1. The summed E-state index contributed by atoms with van der Waals surface area (Å²) in [5, 5.41) is 11.9. The lowest BCUT2D eigenvalue weighted by Crippen LogP contribution is -2.02. The van der Waals surface area contributed by atoms with Crippen LogP contribution in [0.2, 0.25) is 0 Å². The second kappa shape index (κ2) is 5.85. The molecule has 0 aliphatic carbocycles. The first-order chi connectivity index (χ1) is 9.24. The summed E-state index contributed by atoms with van der Waals surface area (Å²) < 4.78 is 5.14. The standard InChI is InChI=1S/C14H14N4O/c1-19-9-11-4-2-3-5-13(11)18-14-12(16)6-10(7-15)8-17-14/h2-6,8H,9,16H2,1H3,(H,17,18). The van der Waals surface area contributed by atoms with Crippen LogP contribution in [0.3, 0.4) is 0 Å². The van der Waals surface area contributed by atoms with Crippen LogP contribution >= 0.6 is 0 Å². The van der Waals surface area contributed by atoms with Gasteiger partial charge in [-0.3, -0.25) is 0 Å². The molecule has 0 saturated carbocycles. The maximum Gasteiger partial charge on any atom is 0.153 e. The molecule has 0 saturated heterocycles. The Kier molecular flexibility index (Phi) is 3.96. The monoisotopic (exact) mass is 254 g/mol. The zero-order valence-electron chi connectivity index (χ0n) is 10.6. The first kappa shape index (κ1) is 12.9. The Morgan fingerprint density at radius 2 is 2.21 bits per heavy atom. The highest BCUT2D eigenvalue weighted by Crippen LogP contribution is 2.24. The van der Waals surface area contributed by atoms with E-state index in [0.29, 0.717) is 23.7 Å². The SMILES string of the molecule is COCc1ccccc1Nc1ncc(C#N)cc1N. The molecule has 96 valence electrons. The van der Waals surface area contributed by atoms with Crippen LogP contribution in [-0.4, -0.2) is 12.1 Å². The van der Waals surface area contributed by atoms with Crippen LogP contribution in [0.25, 0.3) is 0 Å². The summed E-state index contributed by atoms with van der Waals surface area (Å²) in [6.45, 7) is 0.499. The normalized spacial score (nSPS) is 9.89. The van der Waals surface area contributed by atoms with Crippen molar-refractivity contribution in [2.24, 2.45) is 0 Å². The largest absolute Gasteiger partial charge is 0.396 e. The maximum atomic E-state index is 8.77. The summed E-state index contributed by atoms with van der Waals surface area (Å²) in [6, 6.07) is 11.3. The molecule has 0 unspecified atom stereocenters. The van der Waals surface area contributed by atoms with Gasteiger partial charge in [0.15, 0.2) is 5.82 Å². The van der Waals surface area contributed by atoms with E-state index >= 15 is 0 Å². The number of para-hydroxylation sites is 1. The van der Waals surface area contributed by atoms with Crippen molar-refractivity contribution in [3.05, 3.63) is 47.7 Å². The van der Waals surface area contributed by atoms with Gasteiger partial charge < -0.3 is 15.8 Å². The third-order valence-electron chi connectivity index (χ3n) is 2.62. The number of nitrogens with one attached hydrogen (secondary N) is 1. The smallest absolute Gasteiger partial charge is 0.153 e. The quantitative estimate of drug-likeness (QED) is 0.875. The van der Waals surface area contributed by atoms with Crippen LogP contribution < -0.4 is 11.1 Å². The molecule has 3 N–H and O–H groups in total. The Bertz CT molecular complexity index is 619. The van der Waals surface area contributed by atoms with Crippen molar-refractivity contribution >= 4 is 17.2 Å². The molecule has 1 heterocycles. The molecule has 5 nitrogen and oxygen atoms in total. The minimum Gasteiger partial charge on any atom is -0.396 e. The second-order valence-corrected chi connectivity index (χ2v) is 3.99. The highest BCUT2D eigenvalue weighted by molar-refractivity contribution is 5.71. The van der Waals surface area contributed by atoms with Gasteiger partial charge in [0.2, 0.25) is 0 Å². The molecule has 1 aromatic carbocycles. The van der Waals surface area contributed by atoms with Crippen molar-refractivity contribution in [3.63, 3.8) is 0 Å². The van der Waals surface area contributed by atoms with E-state index in [2.05, 4.69) is 10.3 Å². The number of methoxy groups -OCH3 is 1. The number of pyridine rings is 1. The zero-order chi connectivity index (χ0) is 13.7. The molecule has 0 radical (unpaired) electrons. The lowest BCUT2D eigenvalue weighted by Gasteiger charge is -2.12. The summed E-state index contributed by atoms with van der Waals surface area (Å²) in [5.41, 5.74) is 8.63. The van der Waals surface area contributed by atoms with Crippen LogP contribution in [0, 0.1) is 11.3 Å². The van der Waals surface area contributed by atoms with E-state index in [1.807, 2.05) is 30.3 Å². The Labute approximate surface area is 111 Å². The van der Waals surface area contributed by atoms with Crippen LogP contribution in [0.15, 0.2) is 36.5 Å². The van der Waals surface area contributed by atoms with E-state index < -0.39 is 0 Å². The Morgan fingerprint density at radius 3 is 2.89 bits per heavy atom. The molecule has 0 atom stereocenters. The molecule has 0 bridgehead atoms. The number of nitriles is 1. The van der Waals surface area contributed by atoms with Gasteiger partial charge in [-0.05, 0) is 12.1 Å². The molecule has 0 spiro atoms. The Balaban J connectivity index is 2.29. The van der Waals surface area contributed by atoms with Crippen LogP contribution in [-0.2, 0) is 11.3 Å². The molecular formula is C14H14N4O. The predicted molar refractivity (Wildman–Crippen MR) is 73.8 cm³/mol. The van der Waals surface area contributed by atoms with E-state index in [1.54, 1.807) is 13.2 Å². The van der Waals surface area contributed by atoms with Gasteiger partial charge in [-0.2, -0.15) is 5.26 Å². The van der Waals surface area contributed by atoms with Gasteiger partial charge in [0, 0.05) is 24.6 Å². The fourth-order valence-electron chi connectivity index (χ4n) is 1.70. The fourth-order valence-corrected chi connectivity index (χ4v) is 1.70. The minimum absolute atomic E-state index is 0.436. The molecule has 2 rings (SSSR count). The van der Waals surface area contributed by atoms with Crippen LogP contribution in [0.1, 0.15) is 11.1 Å². The van der Waals surface area contributed by atoms with Gasteiger partial charge in [0.1, 0.15) is 6.07 Å². The molecule has 19 heavy (non-hydrogen) atoms. The lowest BCUT2D eigenvalue weighted by atomic mass is 10.2. The van der Waals surface area contributed by atoms with Crippen molar-refractivity contribution < 1.29 is 4.74 Å². The number of aromatic nitrogens is 1. The van der Waals surface area contributed by atoms with Crippen LogP contribution in [0.5, 0.6) is 0 Å². The molecule has 1 aromatic heterocycles. The molecule has 0 aliphatic rings. The van der Waals surface area contributed by atoms with E-state index in [-0.39, 0.29) is 0 Å². The second-order valence-electron chi connectivity index (χ2n) is 3.99. The highest BCUT2D eigenvalue weighted by atomic mass is 16.5. The fraction of sp³-hybridized carbons (Fsp3) is 0.143. The van der Waals surface area contributed by atoms with Gasteiger partial charge in [-0.25, -0.2) is 4.98 Å². The molecule has 0 aliphatic heterocycles. The van der Waals surface area contributed by atoms with Crippen molar-refractivity contribution in [3.8, 4) is 6.07 Å². The number of benzene rings is 1. The number of nitrogens with two attached hydrogens (primary N) is 1. The van der Waals surface area contributed by atoms with Gasteiger partial charge in [-0.1, -0.05) is 18.2 Å². The topological polar surface area (TPSA) is 84.0 Å². The number of rotatable bonds is 4. The van der Waals surface area contributed by atoms with Gasteiger partial charge in [0.25, 0.3) is 0 Å². The third-order valence-corrected chi connectivity index (χ3v) is 2.62. The summed E-state index contributed by atoms with van der Waals surface area (Å²) in [7, 11) is 1.64. The summed E-state index contributed by atoms with van der Waals surface area (Å²) >= 11 is 0. The van der Waals surface area contributed by atoms with Crippen molar-refractivity contribution in [2.45, 2.75) is 6.61 Å². The van der Waals surface area contributed by atoms with Crippen molar-refractivity contribution in [1.29, 1.82) is 5.26 Å². The van der Waals surface area contributed by atoms with Crippen molar-refractivity contribution in [2.75, 3.05) is 18.2 Å². The molecule has 5 heteroatoms. The van der Waals surface area contributed by atoms with Crippen molar-refractivity contribution in [1.82, 2.24) is 4.98 Å². The number of nitrogen functional groups attached to an aromatic ring is 1. The number of hydrogen-bond donors (Lipinski definition) is 2. The van der Waals surface area contributed by atoms with Gasteiger partial charge in [0.05, 0.1) is 17.9 Å². The van der Waals surface area contributed by atoms with E-state index in [4.69, 9.17) is 15.7 Å². The Morgan fingerprint density at radius 1 is 1.42 bits per heavy atom. The predicted octanol–water partition coefficient (Wildman–Crippen LogP) is 2.43. The van der Waals surface area contributed by atoms with E-state index in [1.165, 1.54) is 6.20 Å². The molecular weight excluding hydrogens is 240 g/mol. The molecule has 2 aromatic rings. The van der Waals surface area contributed by atoms with Crippen LogP contribution in [0.4, 0.5) is 17.2 Å². The highest BCUT2D eigenvalue weighted by Gasteiger charge is 2.06. The number of nitrogens with zero attached hydrogens (tertiary/aromatic N) is 2. The third kappa shape index (κ3) is 3.00. The van der Waals surface area contributed by atoms with Gasteiger partial charge >= 0.3 is 0 Å². The van der Waals surface area contributed by atoms with E-state index in [9.17, 15) is 0 Å². The average Bonchev–Trinajstić information content (AvgIpc) is 2.43. The summed E-state index contributed by atoms with van der Waals surface area (Å²) in [6.07, 6.45) is 1.48. The number of anilines is 3. The molecule has 0 amide bonds. The molecule has 0 fully saturated rings. The lowest BCUT2D eigenvalue weighted by molar-refractivity contribution is 0.185.